The van der Waals surface area contributed by atoms with Gasteiger partial charge in [0, 0.05) is 24.5 Å². The second-order valence-electron chi connectivity index (χ2n) is 8.99. The molecule has 0 spiro atoms. The van der Waals surface area contributed by atoms with E-state index < -0.39 is 0 Å². The van der Waals surface area contributed by atoms with Gasteiger partial charge in [0.25, 0.3) is 5.91 Å². The van der Waals surface area contributed by atoms with E-state index in [2.05, 4.69) is 21.6 Å². The van der Waals surface area contributed by atoms with Crippen molar-refractivity contribution in [2.24, 2.45) is 4.99 Å². The molecular weight excluding hydrogens is 434 g/mol. The Bertz CT molecular complexity index is 1230. The number of anilines is 1. The third-order valence-corrected chi connectivity index (χ3v) is 7.25. The van der Waals surface area contributed by atoms with Gasteiger partial charge in [-0.05, 0) is 49.4 Å². The molecule has 33 heavy (non-hydrogen) atoms. The van der Waals surface area contributed by atoms with Crippen molar-refractivity contribution < 1.29 is 4.79 Å². The molecule has 0 unspecified atom stereocenters. The summed E-state index contributed by atoms with van der Waals surface area (Å²) in [4.78, 5) is 27.9. The minimum Gasteiger partial charge on any atom is -0.317 e. The molecule has 2 aliphatic heterocycles. The topological polar surface area (TPSA) is 53.7 Å². The SMILES string of the molecule is CCN1C(=O)c2c(nc(Cc3ccccc3)n2Cc2ccc(Cl)cc2)N2C1=N[C@@H]1CCC[C@@H]12. The number of nitrogens with zero attached hydrogens (tertiary/aromatic N) is 5. The molecule has 1 saturated carbocycles. The molecule has 7 heteroatoms. The molecule has 0 radical (unpaired) electrons. The molecule has 2 atom stereocenters. The summed E-state index contributed by atoms with van der Waals surface area (Å²) in [5.41, 5.74) is 2.93. The van der Waals surface area contributed by atoms with Crippen LogP contribution >= 0.6 is 11.6 Å². The fourth-order valence-electron chi connectivity index (χ4n) is 5.41. The summed E-state index contributed by atoms with van der Waals surface area (Å²) in [6.07, 6.45) is 3.99. The molecule has 3 aromatic rings. The number of fused-ring (bicyclic) bond motifs is 5. The Morgan fingerprint density at radius 1 is 1.03 bits per heavy atom. The number of hydrogen-bond donors (Lipinski definition) is 0. The summed E-state index contributed by atoms with van der Waals surface area (Å²) in [7, 11) is 0. The van der Waals surface area contributed by atoms with E-state index in [1.165, 1.54) is 12.0 Å². The van der Waals surface area contributed by atoms with E-state index >= 15 is 0 Å². The fourth-order valence-corrected chi connectivity index (χ4v) is 5.53. The number of guanidine groups is 1. The van der Waals surface area contributed by atoms with Gasteiger partial charge in [-0.1, -0.05) is 54.1 Å². The highest BCUT2D eigenvalue weighted by Gasteiger charge is 2.49. The Labute approximate surface area is 198 Å². The maximum Gasteiger partial charge on any atom is 0.281 e. The van der Waals surface area contributed by atoms with E-state index in [-0.39, 0.29) is 11.9 Å². The van der Waals surface area contributed by atoms with Gasteiger partial charge in [0.15, 0.2) is 11.5 Å². The third-order valence-electron chi connectivity index (χ3n) is 6.99. The summed E-state index contributed by atoms with van der Waals surface area (Å²) >= 11 is 6.12. The van der Waals surface area contributed by atoms with E-state index in [4.69, 9.17) is 21.6 Å². The average Bonchev–Trinajstić information content (AvgIpc) is 3.50. The smallest absolute Gasteiger partial charge is 0.281 e. The number of aromatic nitrogens is 2. The first-order chi connectivity index (χ1) is 16.1. The lowest BCUT2D eigenvalue weighted by Gasteiger charge is -2.35. The summed E-state index contributed by atoms with van der Waals surface area (Å²) in [6, 6.07) is 18.7. The van der Waals surface area contributed by atoms with E-state index in [0.717, 1.165) is 36.0 Å². The van der Waals surface area contributed by atoms with E-state index in [9.17, 15) is 4.79 Å². The monoisotopic (exact) mass is 459 g/mol. The zero-order chi connectivity index (χ0) is 22.5. The molecule has 0 N–H and O–H groups in total. The van der Waals surface area contributed by atoms with Crippen LogP contribution in [0.15, 0.2) is 59.6 Å². The number of halogens is 1. The van der Waals surface area contributed by atoms with Crippen LogP contribution in [0, 0.1) is 0 Å². The van der Waals surface area contributed by atoms with Gasteiger partial charge in [0.1, 0.15) is 5.82 Å². The molecule has 3 aliphatic rings. The summed E-state index contributed by atoms with van der Waals surface area (Å²) in [6.45, 7) is 3.18. The number of amides is 1. The number of carbonyl (C=O) groups excluding carboxylic acids is 1. The third kappa shape index (κ3) is 3.35. The van der Waals surface area contributed by atoms with Gasteiger partial charge >= 0.3 is 0 Å². The second-order valence-corrected chi connectivity index (χ2v) is 9.43. The molecule has 2 aromatic carbocycles. The number of hydrogen-bond acceptors (Lipinski definition) is 4. The number of aliphatic imine (C=N–C) groups is 1. The molecule has 168 valence electrons. The Morgan fingerprint density at radius 3 is 2.58 bits per heavy atom. The highest BCUT2D eigenvalue weighted by Crippen LogP contribution is 2.41. The normalized spacial score (nSPS) is 21.2. The molecular formula is C26H26ClN5O. The van der Waals surface area contributed by atoms with Crippen LogP contribution in [0.4, 0.5) is 5.82 Å². The van der Waals surface area contributed by atoms with Crippen molar-refractivity contribution in [3.05, 3.63) is 82.3 Å². The molecule has 0 bridgehead atoms. The molecule has 1 aliphatic carbocycles. The quantitative estimate of drug-likeness (QED) is 0.553. The van der Waals surface area contributed by atoms with Gasteiger partial charge in [0.2, 0.25) is 5.96 Å². The highest BCUT2D eigenvalue weighted by atomic mass is 35.5. The maximum atomic E-state index is 13.8. The van der Waals surface area contributed by atoms with Crippen molar-refractivity contribution >= 4 is 29.3 Å². The summed E-state index contributed by atoms with van der Waals surface area (Å²) < 4.78 is 2.11. The number of rotatable bonds is 5. The lowest BCUT2D eigenvalue weighted by atomic mass is 10.1. The molecule has 6 rings (SSSR count). The van der Waals surface area contributed by atoms with Crippen LogP contribution in [0.25, 0.3) is 0 Å². The highest BCUT2D eigenvalue weighted by molar-refractivity contribution is 6.30. The van der Waals surface area contributed by atoms with Gasteiger partial charge in [-0.15, -0.1) is 0 Å². The van der Waals surface area contributed by atoms with Crippen molar-refractivity contribution in [1.82, 2.24) is 14.5 Å². The number of benzene rings is 2. The van der Waals surface area contributed by atoms with Crippen molar-refractivity contribution in [2.75, 3.05) is 11.4 Å². The fraction of sp³-hybridized carbons (Fsp3) is 0.346. The largest absolute Gasteiger partial charge is 0.317 e. The Hall–Kier alpha value is -3.12. The lowest BCUT2D eigenvalue weighted by Crippen LogP contribution is -2.53. The molecule has 0 saturated heterocycles. The predicted octanol–water partition coefficient (Wildman–Crippen LogP) is 4.75. The van der Waals surface area contributed by atoms with Gasteiger partial charge in [0.05, 0.1) is 12.1 Å². The van der Waals surface area contributed by atoms with E-state index in [0.29, 0.717) is 36.3 Å². The number of imidazole rings is 1. The van der Waals surface area contributed by atoms with E-state index in [1.807, 2.05) is 54.3 Å². The predicted molar refractivity (Wildman–Crippen MR) is 130 cm³/mol. The van der Waals surface area contributed by atoms with Crippen LogP contribution < -0.4 is 4.90 Å². The van der Waals surface area contributed by atoms with Gasteiger partial charge in [-0.25, -0.2) is 9.98 Å². The number of carbonyl (C=O) groups is 1. The lowest BCUT2D eigenvalue weighted by molar-refractivity contribution is 0.0835. The molecule has 1 aromatic heterocycles. The molecule has 3 heterocycles. The first kappa shape index (κ1) is 20.5. The van der Waals surface area contributed by atoms with Crippen LogP contribution in [0.5, 0.6) is 0 Å². The van der Waals surface area contributed by atoms with Crippen molar-refractivity contribution in [3.63, 3.8) is 0 Å². The van der Waals surface area contributed by atoms with Crippen LogP contribution in [0.1, 0.15) is 53.6 Å². The average molecular weight is 460 g/mol. The molecule has 6 nitrogen and oxygen atoms in total. The van der Waals surface area contributed by atoms with Gasteiger partial charge in [-0.2, -0.15) is 0 Å². The van der Waals surface area contributed by atoms with Crippen LogP contribution in [0.2, 0.25) is 5.02 Å². The minimum absolute atomic E-state index is 0.0109. The summed E-state index contributed by atoms with van der Waals surface area (Å²) in [5.74, 6) is 2.45. The van der Waals surface area contributed by atoms with E-state index in [1.54, 1.807) is 0 Å². The zero-order valence-corrected chi connectivity index (χ0v) is 19.4. The molecule has 1 amide bonds. The van der Waals surface area contributed by atoms with Crippen molar-refractivity contribution in [2.45, 2.75) is 51.2 Å². The van der Waals surface area contributed by atoms with Crippen molar-refractivity contribution in [3.8, 4) is 0 Å². The Kier molecular flexibility index (Phi) is 4.98. The first-order valence-electron chi connectivity index (χ1n) is 11.7. The second kappa shape index (κ2) is 8.03. The maximum absolute atomic E-state index is 13.8. The first-order valence-corrected chi connectivity index (χ1v) is 12.1. The minimum atomic E-state index is -0.0109. The van der Waals surface area contributed by atoms with Crippen LogP contribution in [0.3, 0.4) is 0 Å². The van der Waals surface area contributed by atoms with Crippen molar-refractivity contribution in [1.29, 1.82) is 0 Å². The van der Waals surface area contributed by atoms with Crippen LogP contribution in [-0.2, 0) is 13.0 Å². The zero-order valence-electron chi connectivity index (χ0n) is 18.6. The summed E-state index contributed by atoms with van der Waals surface area (Å²) in [5, 5.41) is 0.703. The van der Waals surface area contributed by atoms with Gasteiger partial charge < -0.3 is 4.57 Å². The Morgan fingerprint density at radius 2 is 1.82 bits per heavy atom. The standard InChI is InChI=1S/C26H26ClN5O/c1-2-30-25(33)23-24(32-21-10-6-9-20(21)28-26(30)32)29-22(15-17-7-4-3-5-8-17)31(23)16-18-11-13-19(27)14-12-18/h3-5,7-8,11-14,20-21H,2,6,9-10,15-16H2,1H3/t20-,21+/m1/s1. The molecule has 1 fully saturated rings. The Balaban J connectivity index is 1.50. The van der Waals surface area contributed by atoms with Crippen LogP contribution in [-0.4, -0.2) is 44.9 Å². The van der Waals surface area contributed by atoms with Gasteiger partial charge in [-0.3, -0.25) is 14.6 Å².